The lowest BCUT2D eigenvalue weighted by molar-refractivity contribution is 0.425. The summed E-state index contributed by atoms with van der Waals surface area (Å²) in [7, 11) is 0. The van der Waals surface area contributed by atoms with Gasteiger partial charge >= 0.3 is 0 Å². The van der Waals surface area contributed by atoms with Gasteiger partial charge in [0.25, 0.3) is 0 Å². The molecule has 134 valence electrons. The molecule has 0 fully saturated rings. The number of hydrogen-bond donors (Lipinski definition) is 1. The first-order valence-electron chi connectivity index (χ1n) is 10.0. The summed E-state index contributed by atoms with van der Waals surface area (Å²) >= 11 is 0. The maximum absolute atomic E-state index is 3.86. The van der Waals surface area contributed by atoms with Gasteiger partial charge in [0.05, 0.1) is 6.04 Å². The smallest absolute Gasteiger partial charge is 0.0553 e. The Balaban J connectivity index is 1.53. The Morgan fingerprint density at radius 1 is 0.889 bits per heavy atom. The van der Waals surface area contributed by atoms with Crippen LogP contribution in [0.5, 0.6) is 0 Å². The van der Waals surface area contributed by atoms with Crippen LogP contribution < -0.4 is 5.32 Å². The Bertz CT molecular complexity index is 969. The largest absolute Gasteiger partial charge is 0.378 e. The summed E-state index contributed by atoms with van der Waals surface area (Å²) in [5.41, 5.74) is 8.13. The average molecular weight is 351 g/mol. The molecule has 0 aromatic heterocycles. The van der Waals surface area contributed by atoms with Crippen LogP contribution in [0.15, 0.2) is 84.9 Å². The number of benzene rings is 3. The quantitative estimate of drug-likeness (QED) is 0.515. The van der Waals surface area contributed by atoms with Crippen molar-refractivity contribution in [3.8, 4) is 11.1 Å². The molecule has 0 radical (unpaired) electrons. The van der Waals surface area contributed by atoms with Gasteiger partial charge in [-0.15, -0.1) is 0 Å². The zero-order valence-corrected chi connectivity index (χ0v) is 15.7. The van der Waals surface area contributed by atoms with E-state index in [9.17, 15) is 0 Å². The third-order valence-corrected chi connectivity index (χ3v) is 6.22. The first-order valence-corrected chi connectivity index (χ1v) is 10.0. The van der Waals surface area contributed by atoms with E-state index in [-0.39, 0.29) is 0 Å². The Labute approximate surface area is 161 Å². The highest BCUT2D eigenvalue weighted by Crippen LogP contribution is 2.50. The van der Waals surface area contributed by atoms with Crippen LogP contribution in [0.3, 0.4) is 0 Å². The fraction of sp³-hybridized carbons (Fsp3) is 0.231. The summed E-state index contributed by atoms with van der Waals surface area (Å²) in [5.74, 6) is 1.09. The summed E-state index contributed by atoms with van der Waals surface area (Å²) in [4.78, 5) is 0. The second kappa shape index (κ2) is 6.74. The first kappa shape index (κ1) is 16.4. The lowest BCUT2D eigenvalue weighted by Crippen LogP contribution is -2.29. The van der Waals surface area contributed by atoms with Crippen LogP contribution in [0.4, 0.5) is 5.69 Å². The lowest BCUT2D eigenvalue weighted by atomic mass is 9.76. The first-order chi connectivity index (χ1) is 13.3. The molecule has 3 aromatic rings. The van der Waals surface area contributed by atoms with E-state index in [0.717, 1.165) is 12.8 Å². The van der Waals surface area contributed by atoms with Crippen LogP contribution in [-0.4, -0.2) is 0 Å². The van der Waals surface area contributed by atoms with Crippen molar-refractivity contribution in [1.82, 2.24) is 0 Å². The highest BCUT2D eigenvalue weighted by Gasteiger charge is 2.37. The molecule has 3 atom stereocenters. The van der Waals surface area contributed by atoms with E-state index in [1.807, 2.05) is 0 Å². The topological polar surface area (TPSA) is 12.0 Å². The monoisotopic (exact) mass is 351 g/mol. The molecule has 3 aromatic carbocycles. The Kier molecular flexibility index (Phi) is 4.09. The zero-order chi connectivity index (χ0) is 18.2. The average Bonchev–Trinajstić information content (AvgIpc) is 3.24. The molecule has 1 nitrogen and oxygen atoms in total. The van der Waals surface area contributed by atoms with Gasteiger partial charge < -0.3 is 5.32 Å². The van der Waals surface area contributed by atoms with Crippen molar-refractivity contribution in [2.45, 2.75) is 31.7 Å². The van der Waals surface area contributed by atoms with Gasteiger partial charge in [0.15, 0.2) is 0 Å². The van der Waals surface area contributed by atoms with Gasteiger partial charge in [0, 0.05) is 11.6 Å². The highest BCUT2D eigenvalue weighted by atomic mass is 15.0. The van der Waals surface area contributed by atoms with Gasteiger partial charge in [0.1, 0.15) is 0 Å². The maximum Gasteiger partial charge on any atom is 0.0553 e. The molecule has 0 spiro atoms. The minimum absolute atomic E-state index is 0.381. The number of aryl methyl sites for hydroxylation is 1. The molecular formula is C26H25N. The van der Waals surface area contributed by atoms with Gasteiger partial charge in [-0.3, -0.25) is 0 Å². The summed E-state index contributed by atoms with van der Waals surface area (Å²) in [6.45, 7) is 2.21. The summed E-state index contributed by atoms with van der Waals surface area (Å²) < 4.78 is 0. The van der Waals surface area contributed by atoms with Crippen molar-refractivity contribution < 1.29 is 0 Å². The second-order valence-electron chi connectivity index (χ2n) is 7.74. The number of fused-ring (bicyclic) bond motifs is 3. The molecule has 1 aliphatic carbocycles. The molecule has 1 heterocycles. The second-order valence-corrected chi connectivity index (χ2v) is 7.74. The van der Waals surface area contributed by atoms with Crippen LogP contribution in [0, 0.1) is 5.92 Å². The fourth-order valence-electron chi connectivity index (χ4n) is 4.70. The maximum atomic E-state index is 3.86. The Hall–Kier alpha value is -2.80. The number of rotatable bonds is 3. The van der Waals surface area contributed by atoms with E-state index in [1.54, 1.807) is 0 Å². The standard InChI is InChI=1S/C26H25N/c1-2-18-11-13-20(14-12-18)26-23-10-6-9-22(23)24-17-21(15-16-25(24)27-26)19-7-4-3-5-8-19/h3-9,11-17,22-23,26-27H,2,10H2,1H3/t22-,23-,26+/m1/s1. The van der Waals surface area contributed by atoms with E-state index in [2.05, 4.69) is 97.2 Å². The van der Waals surface area contributed by atoms with Crippen LogP contribution in [0.2, 0.25) is 0 Å². The van der Waals surface area contributed by atoms with Gasteiger partial charge in [-0.05, 0) is 58.7 Å². The normalized spacial score (nSPS) is 22.8. The van der Waals surface area contributed by atoms with Gasteiger partial charge in [-0.1, -0.05) is 79.7 Å². The van der Waals surface area contributed by atoms with E-state index >= 15 is 0 Å². The third-order valence-electron chi connectivity index (χ3n) is 6.22. The van der Waals surface area contributed by atoms with Crippen molar-refractivity contribution in [3.05, 3.63) is 102 Å². The number of anilines is 1. The molecule has 27 heavy (non-hydrogen) atoms. The number of allylic oxidation sites excluding steroid dienone is 2. The van der Waals surface area contributed by atoms with Gasteiger partial charge in [-0.25, -0.2) is 0 Å². The van der Waals surface area contributed by atoms with Gasteiger partial charge in [0.2, 0.25) is 0 Å². The molecular weight excluding hydrogens is 326 g/mol. The molecule has 1 heteroatoms. The number of nitrogens with one attached hydrogen (secondary N) is 1. The molecule has 0 unspecified atom stereocenters. The molecule has 1 N–H and O–H groups in total. The van der Waals surface area contributed by atoms with Crippen LogP contribution in [0.25, 0.3) is 11.1 Å². The molecule has 0 amide bonds. The summed E-state index contributed by atoms with van der Waals surface area (Å²) in [5, 5.41) is 3.86. The molecule has 1 aliphatic heterocycles. The Morgan fingerprint density at radius 3 is 2.48 bits per heavy atom. The van der Waals surface area contributed by atoms with Crippen LogP contribution in [0.1, 0.15) is 42.0 Å². The highest BCUT2D eigenvalue weighted by molar-refractivity contribution is 5.71. The molecule has 5 rings (SSSR count). The van der Waals surface area contributed by atoms with E-state index < -0.39 is 0 Å². The fourth-order valence-corrected chi connectivity index (χ4v) is 4.70. The van der Waals surface area contributed by atoms with E-state index in [1.165, 1.54) is 33.5 Å². The lowest BCUT2D eigenvalue weighted by Gasteiger charge is -2.38. The molecule has 0 bridgehead atoms. The SMILES string of the molecule is CCc1ccc([C@@H]2Nc3ccc(-c4ccccc4)cc3[C@@H]3C=CC[C@H]32)cc1. The minimum Gasteiger partial charge on any atom is -0.378 e. The Morgan fingerprint density at radius 2 is 1.70 bits per heavy atom. The third kappa shape index (κ3) is 2.88. The summed E-state index contributed by atoms with van der Waals surface area (Å²) in [6, 6.07) is 27.2. The van der Waals surface area contributed by atoms with E-state index in [0.29, 0.717) is 17.9 Å². The van der Waals surface area contributed by atoms with Crippen LogP contribution in [-0.2, 0) is 6.42 Å². The van der Waals surface area contributed by atoms with Crippen molar-refractivity contribution in [2.24, 2.45) is 5.92 Å². The van der Waals surface area contributed by atoms with Gasteiger partial charge in [-0.2, -0.15) is 0 Å². The molecule has 2 aliphatic rings. The summed E-state index contributed by atoms with van der Waals surface area (Å²) in [6.07, 6.45) is 7.03. The molecule has 0 saturated heterocycles. The molecule has 0 saturated carbocycles. The predicted molar refractivity (Wildman–Crippen MR) is 114 cm³/mol. The predicted octanol–water partition coefficient (Wildman–Crippen LogP) is 6.74. The van der Waals surface area contributed by atoms with Crippen molar-refractivity contribution >= 4 is 5.69 Å². The zero-order valence-electron chi connectivity index (χ0n) is 15.7. The van der Waals surface area contributed by atoms with E-state index in [4.69, 9.17) is 0 Å². The number of hydrogen-bond acceptors (Lipinski definition) is 1. The van der Waals surface area contributed by atoms with Crippen molar-refractivity contribution in [3.63, 3.8) is 0 Å². The van der Waals surface area contributed by atoms with Crippen LogP contribution >= 0.6 is 0 Å². The van der Waals surface area contributed by atoms with Crippen molar-refractivity contribution in [1.29, 1.82) is 0 Å². The minimum atomic E-state index is 0.381. The van der Waals surface area contributed by atoms with Crippen molar-refractivity contribution in [2.75, 3.05) is 5.32 Å².